The maximum atomic E-state index is 12.2. The summed E-state index contributed by atoms with van der Waals surface area (Å²) in [5, 5.41) is 0. The molecular formula is C11H13N3O2S. The van der Waals surface area contributed by atoms with Crippen LogP contribution in [0.4, 0.5) is 0 Å². The standard InChI is InChI=1S/C11H13N3O2S/c1-8-12-10-4-3-9(7-11(10)13-8)17(15,16)14-5-2-6-14/h3-4,7H,2,5-6H2,1H3,(H,12,13). The first-order valence-corrected chi connectivity index (χ1v) is 6.98. The molecule has 0 aliphatic carbocycles. The lowest BCUT2D eigenvalue weighted by Crippen LogP contribution is -2.41. The Balaban J connectivity index is 2.11. The zero-order chi connectivity index (χ0) is 12.0. The van der Waals surface area contributed by atoms with Gasteiger partial charge in [-0.2, -0.15) is 4.31 Å². The summed E-state index contributed by atoms with van der Waals surface area (Å²) in [6.07, 6.45) is 0.949. The van der Waals surface area contributed by atoms with Crippen molar-refractivity contribution in [1.29, 1.82) is 0 Å². The van der Waals surface area contributed by atoms with Gasteiger partial charge in [-0.05, 0) is 31.5 Å². The number of aromatic amines is 1. The number of H-pyrrole nitrogens is 1. The molecule has 3 rings (SSSR count). The molecule has 17 heavy (non-hydrogen) atoms. The largest absolute Gasteiger partial charge is 0.342 e. The quantitative estimate of drug-likeness (QED) is 0.874. The molecule has 1 aliphatic rings. The predicted octanol–water partition coefficient (Wildman–Crippen LogP) is 1.27. The average Bonchev–Trinajstić information content (AvgIpc) is 2.52. The highest BCUT2D eigenvalue weighted by atomic mass is 32.2. The number of hydrogen-bond acceptors (Lipinski definition) is 3. The minimum absolute atomic E-state index is 0.341. The van der Waals surface area contributed by atoms with Gasteiger partial charge in [-0.25, -0.2) is 13.4 Å². The summed E-state index contributed by atoms with van der Waals surface area (Å²) in [5.74, 6) is 0.790. The Labute approximate surface area is 99.5 Å². The molecule has 1 N–H and O–H groups in total. The topological polar surface area (TPSA) is 66.1 Å². The van der Waals surface area contributed by atoms with Gasteiger partial charge >= 0.3 is 0 Å². The molecule has 0 radical (unpaired) electrons. The van der Waals surface area contributed by atoms with E-state index in [2.05, 4.69) is 9.97 Å². The fourth-order valence-electron chi connectivity index (χ4n) is 1.95. The summed E-state index contributed by atoms with van der Waals surface area (Å²) in [6.45, 7) is 3.11. The van der Waals surface area contributed by atoms with Gasteiger partial charge in [0.1, 0.15) is 5.82 Å². The number of fused-ring (bicyclic) bond motifs is 1. The van der Waals surface area contributed by atoms with Gasteiger partial charge < -0.3 is 4.98 Å². The van der Waals surface area contributed by atoms with E-state index in [0.29, 0.717) is 18.0 Å². The van der Waals surface area contributed by atoms with E-state index in [0.717, 1.165) is 23.3 Å². The molecule has 5 nitrogen and oxygen atoms in total. The fourth-order valence-corrected chi connectivity index (χ4v) is 3.50. The molecule has 90 valence electrons. The monoisotopic (exact) mass is 251 g/mol. The lowest BCUT2D eigenvalue weighted by atomic mass is 10.3. The molecule has 1 aromatic carbocycles. The smallest absolute Gasteiger partial charge is 0.243 e. The number of hydrogen-bond donors (Lipinski definition) is 1. The van der Waals surface area contributed by atoms with Crippen LogP contribution in [0.2, 0.25) is 0 Å². The number of rotatable bonds is 2. The molecule has 2 aromatic rings. The lowest BCUT2D eigenvalue weighted by Gasteiger charge is -2.29. The molecule has 0 spiro atoms. The molecule has 0 atom stereocenters. The van der Waals surface area contributed by atoms with Crippen LogP contribution >= 0.6 is 0 Å². The number of aromatic nitrogens is 2. The average molecular weight is 251 g/mol. The van der Waals surface area contributed by atoms with E-state index >= 15 is 0 Å². The number of sulfonamides is 1. The number of nitrogens with one attached hydrogen (secondary N) is 1. The molecule has 0 bridgehead atoms. The van der Waals surface area contributed by atoms with Crippen LogP contribution in [-0.2, 0) is 10.0 Å². The first-order chi connectivity index (χ1) is 8.07. The summed E-state index contributed by atoms with van der Waals surface area (Å²) >= 11 is 0. The zero-order valence-corrected chi connectivity index (χ0v) is 10.3. The molecule has 2 heterocycles. The first-order valence-electron chi connectivity index (χ1n) is 5.54. The Morgan fingerprint density at radius 1 is 1.35 bits per heavy atom. The van der Waals surface area contributed by atoms with Crippen molar-refractivity contribution < 1.29 is 8.42 Å². The van der Waals surface area contributed by atoms with Crippen LogP contribution in [0, 0.1) is 6.92 Å². The third-order valence-corrected chi connectivity index (χ3v) is 4.92. The van der Waals surface area contributed by atoms with Crippen LogP contribution in [0.5, 0.6) is 0 Å². The lowest BCUT2D eigenvalue weighted by molar-refractivity contribution is 0.309. The summed E-state index contributed by atoms with van der Waals surface area (Å²) in [4.78, 5) is 7.64. The predicted molar refractivity (Wildman–Crippen MR) is 64.2 cm³/mol. The van der Waals surface area contributed by atoms with E-state index in [4.69, 9.17) is 0 Å². The highest BCUT2D eigenvalue weighted by Gasteiger charge is 2.29. The van der Waals surface area contributed by atoms with E-state index in [-0.39, 0.29) is 0 Å². The number of nitrogens with zero attached hydrogens (tertiary/aromatic N) is 2. The summed E-state index contributed by atoms with van der Waals surface area (Å²) < 4.78 is 25.8. The molecule has 1 aliphatic heterocycles. The Morgan fingerprint density at radius 3 is 2.76 bits per heavy atom. The minimum Gasteiger partial charge on any atom is -0.342 e. The number of imidazole rings is 1. The fraction of sp³-hybridized carbons (Fsp3) is 0.364. The van der Waals surface area contributed by atoms with Gasteiger partial charge in [0, 0.05) is 13.1 Å². The van der Waals surface area contributed by atoms with Crippen molar-refractivity contribution in [3.63, 3.8) is 0 Å². The van der Waals surface area contributed by atoms with E-state index < -0.39 is 10.0 Å². The van der Waals surface area contributed by atoms with Crippen molar-refractivity contribution >= 4 is 21.1 Å². The van der Waals surface area contributed by atoms with E-state index in [9.17, 15) is 8.42 Å². The van der Waals surface area contributed by atoms with Gasteiger partial charge in [0.25, 0.3) is 0 Å². The maximum Gasteiger partial charge on any atom is 0.243 e. The minimum atomic E-state index is -3.30. The van der Waals surface area contributed by atoms with Crippen LogP contribution in [-0.4, -0.2) is 35.8 Å². The van der Waals surface area contributed by atoms with Crippen LogP contribution < -0.4 is 0 Å². The molecule has 6 heteroatoms. The van der Waals surface area contributed by atoms with Gasteiger partial charge in [0.05, 0.1) is 15.9 Å². The third kappa shape index (κ3) is 1.64. The van der Waals surface area contributed by atoms with Gasteiger partial charge in [-0.3, -0.25) is 0 Å². The second-order valence-electron chi connectivity index (χ2n) is 4.26. The van der Waals surface area contributed by atoms with Crippen LogP contribution in [0.1, 0.15) is 12.2 Å². The molecule has 1 aromatic heterocycles. The van der Waals surface area contributed by atoms with Crippen molar-refractivity contribution in [2.45, 2.75) is 18.2 Å². The summed E-state index contributed by atoms with van der Waals surface area (Å²) in [7, 11) is -3.30. The highest BCUT2D eigenvalue weighted by Crippen LogP contribution is 2.23. The maximum absolute atomic E-state index is 12.2. The van der Waals surface area contributed by atoms with E-state index in [1.165, 1.54) is 4.31 Å². The molecule has 0 saturated carbocycles. The van der Waals surface area contributed by atoms with Crippen molar-refractivity contribution in [3.05, 3.63) is 24.0 Å². The summed E-state index contributed by atoms with van der Waals surface area (Å²) in [5.41, 5.74) is 1.56. The second-order valence-corrected chi connectivity index (χ2v) is 6.20. The van der Waals surface area contributed by atoms with Crippen LogP contribution in [0.15, 0.2) is 23.1 Å². The van der Waals surface area contributed by atoms with Crippen molar-refractivity contribution in [3.8, 4) is 0 Å². The van der Waals surface area contributed by atoms with E-state index in [1.807, 2.05) is 6.92 Å². The Morgan fingerprint density at radius 2 is 2.12 bits per heavy atom. The van der Waals surface area contributed by atoms with Crippen molar-refractivity contribution in [2.75, 3.05) is 13.1 Å². The zero-order valence-electron chi connectivity index (χ0n) is 9.47. The third-order valence-electron chi connectivity index (χ3n) is 3.02. The number of aryl methyl sites for hydroxylation is 1. The SMILES string of the molecule is Cc1nc2ccc(S(=O)(=O)N3CCC3)cc2[nH]1. The molecular weight excluding hydrogens is 238 g/mol. The van der Waals surface area contributed by atoms with E-state index in [1.54, 1.807) is 18.2 Å². The molecule has 1 fully saturated rings. The van der Waals surface area contributed by atoms with Crippen molar-refractivity contribution in [2.24, 2.45) is 0 Å². The van der Waals surface area contributed by atoms with Gasteiger partial charge in [0.2, 0.25) is 10.0 Å². The molecule has 0 amide bonds. The van der Waals surface area contributed by atoms with Gasteiger partial charge in [-0.1, -0.05) is 0 Å². The normalized spacial score (nSPS) is 17.2. The second kappa shape index (κ2) is 3.54. The Kier molecular flexibility index (Phi) is 2.24. The molecule has 1 saturated heterocycles. The Hall–Kier alpha value is -1.40. The first kappa shape index (κ1) is 10.7. The number of benzene rings is 1. The molecule has 0 unspecified atom stereocenters. The van der Waals surface area contributed by atoms with Gasteiger partial charge in [0.15, 0.2) is 0 Å². The Bertz CT molecular complexity index is 671. The summed E-state index contributed by atoms with van der Waals surface area (Å²) in [6, 6.07) is 5.02. The highest BCUT2D eigenvalue weighted by molar-refractivity contribution is 7.89. The van der Waals surface area contributed by atoms with Crippen LogP contribution in [0.3, 0.4) is 0 Å². The van der Waals surface area contributed by atoms with Crippen molar-refractivity contribution in [1.82, 2.24) is 14.3 Å². The van der Waals surface area contributed by atoms with Gasteiger partial charge in [-0.15, -0.1) is 0 Å². The van der Waals surface area contributed by atoms with Crippen LogP contribution in [0.25, 0.3) is 11.0 Å².